The summed E-state index contributed by atoms with van der Waals surface area (Å²) in [6.07, 6.45) is 9.12. The van der Waals surface area contributed by atoms with Gasteiger partial charge < -0.3 is 4.98 Å². The van der Waals surface area contributed by atoms with E-state index < -0.39 is 0 Å². The maximum Gasteiger partial charge on any atom is 0.282 e. The summed E-state index contributed by atoms with van der Waals surface area (Å²) in [6, 6.07) is 10.9. The quantitative estimate of drug-likeness (QED) is 0.594. The van der Waals surface area contributed by atoms with Gasteiger partial charge in [-0.05, 0) is 48.9 Å². The molecule has 1 aromatic heterocycles. The van der Waals surface area contributed by atoms with E-state index in [1.54, 1.807) is 42.9 Å². The van der Waals surface area contributed by atoms with E-state index in [0.717, 1.165) is 16.8 Å². The first-order chi connectivity index (χ1) is 12.6. The van der Waals surface area contributed by atoms with Crippen LogP contribution >= 0.6 is 11.6 Å². The van der Waals surface area contributed by atoms with Gasteiger partial charge in [-0.2, -0.15) is 9.78 Å². The molecule has 0 atom stereocenters. The van der Waals surface area contributed by atoms with Crippen molar-refractivity contribution in [3.8, 4) is 16.9 Å². The minimum Gasteiger partial charge on any atom is -0.364 e. The second-order valence-corrected chi connectivity index (χ2v) is 6.33. The number of pyridine rings is 2. The average molecular weight is 363 g/mol. The minimum absolute atomic E-state index is 0.169. The van der Waals surface area contributed by atoms with Crippen LogP contribution in [0.1, 0.15) is 16.8 Å². The van der Waals surface area contributed by atoms with Crippen molar-refractivity contribution < 1.29 is 0 Å². The molecule has 0 aliphatic carbocycles. The number of hydrogen-bond acceptors (Lipinski definition) is 3. The molecule has 2 aliphatic rings. The molecule has 0 saturated carbocycles. The third-order valence-electron chi connectivity index (χ3n) is 4.19. The molecule has 6 heteroatoms. The molecule has 26 heavy (non-hydrogen) atoms. The number of halogens is 1. The van der Waals surface area contributed by atoms with Crippen molar-refractivity contribution in [1.82, 2.24) is 19.7 Å². The normalized spacial score (nSPS) is 11.5. The van der Waals surface area contributed by atoms with Gasteiger partial charge in [0.1, 0.15) is 5.69 Å². The SMILES string of the molecule is Cc1[nH]cc2c(=O)n(-c3ccc(Cl)cc3)nc-2c1C=Cc1ccncc1. The first-order valence-corrected chi connectivity index (χ1v) is 8.46. The van der Waals surface area contributed by atoms with Crippen molar-refractivity contribution in [2.24, 2.45) is 0 Å². The topological polar surface area (TPSA) is 63.6 Å². The van der Waals surface area contributed by atoms with Crippen molar-refractivity contribution in [3.05, 3.63) is 87.2 Å². The van der Waals surface area contributed by atoms with Crippen LogP contribution < -0.4 is 5.56 Å². The van der Waals surface area contributed by atoms with E-state index in [4.69, 9.17) is 11.6 Å². The van der Waals surface area contributed by atoms with Crippen LogP contribution in [-0.4, -0.2) is 19.7 Å². The Kier molecular flexibility index (Phi) is 4.14. The molecule has 0 saturated heterocycles. The number of fused-ring (bicyclic) bond motifs is 1. The van der Waals surface area contributed by atoms with Gasteiger partial charge in [0.15, 0.2) is 0 Å². The summed E-state index contributed by atoms with van der Waals surface area (Å²) in [5.74, 6) is 0. The molecule has 3 heterocycles. The van der Waals surface area contributed by atoms with E-state index in [-0.39, 0.29) is 5.56 Å². The number of H-pyrrole nitrogens is 1. The highest BCUT2D eigenvalue weighted by molar-refractivity contribution is 6.30. The molecule has 0 fully saturated rings. The Morgan fingerprint density at radius 2 is 1.81 bits per heavy atom. The largest absolute Gasteiger partial charge is 0.364 e. The van der Waals surface area contributed by atoms with Crippen molar-refractivity contribution in [1.29, 1.82) is 0 Å². The Morgan fingerprint density at radius 1 is 1.08 bits per heavy atom. The van der Waals surface area contributed by atoms with Gasteiger partial charge in [0.25, 0.3) is 5.56 Å². The minimum atomic E-state index is -0.169. The molecule has 1 N–H and O–H groups in total. The van der Waals surface area contributed by atoms with Crippen LogP contribution in [0.4, 0.5) is 0 Å². The Labute approximate surface area is 154 Å². The smallest absolute Gasteiger partial charge is 0.282 e. The number of nitrogens with one attached hydrogen (secondary N) is 1. The van der Waals surface area contributed by atoms with Gasteiger partial charge in [-0.1, -0.05) is 23.8 Å². The molecular weight excluding hydrogens is 348 g/mol. The van der Waals surface area contributed by atoms with Crippen LogP contribution in [0.15, 0.2) is 59.8 Å². The summed E-state index contributed by atoms with van der Waals surface area (Å²) in [4.78, 5) is 19.9. The number of hydrogen-bond donors (Lipinski definition) is 1. The fourth-order valence-electron chi connectivity index (χ4n) is 2.79. The lowest BCUT2D eigenvalue weighted by Crippen LogP contribution is -2.14. The van der Waals surface area contributed by atoms with Gasteiger partial charge in [0.2, 0.25) is 0 Å². The number of aryl methyl sites for hydroxylation is 1. The molecule has 4 rings (SSSR count). The maximum atomic E-state index is 12.8. The molecular formula is C20H15ClN4O. The Bertz CT molecular complexity index is 1110. The van der Waals surface area contributed by atoms with E-state index in [1.807, 2.05) is 31.2 Å². The fourth-order valence-corrected chi connectivity index (χ4v) is 2.92. The monoisotopic (exact) mass is 362 g/mol. The summed E-state index contributed by atoms with van der Waals surface area (Å²) in [5, 5.41) is 5.18. The zero-order chi connectivity index (χ0) is 18.1. The molecule has 2 aromatic rings. The lowest BCUT2D eigenvalue weighted by molar-refractivity contribution is 0.857. The lowest BCUT2D eigenvalue weighted by Gasteiger charge is -2.05. The summed E-state index contributed by atoms with van der Waals surface area (Å²) in [5.41, 5.74) is 4.55. The van der Waals surface area contributed by atoms with E-state index in [0.29, 0.717) is 22.0 Å². The van der Waals surface area contributed by atoms with Gasteiger partial charge in [-0.3, -0.25) is 9.78 Å². The predicted molar refractivity (Wildman–Crippen MR) is 104 cm³/mol. The first-order valence-electron chi connectivity index (χ1n) is 8.08. The Hall–Kier alpha value is -3.18. The Balaban J connectivity index is 1.85. The summed E-state index contributed by atoms with van der Waals surface area (Å²) in [6.45, 7) is 1.96. The molecule has 1 aromatic carbocycles. The van der Waals surface area contributed by atoms with Crippen LogP contribution in [0.3, 0.4) is 0 Å². The molecule has 5 nitrogen and oxygen atoms in total. The Morgan fingerprint density at radius 3 is 2.54 bits per heavy atom. The van der Waals surface area contributed by atoms with E-state index >= 15 is 0 Å². The fraction of sp³-hybridized carbons (Fsp3) is 0.0500. The van der Waals surface area contributed by atoms with Crippen molar-refractivity contribution in [2.45, 2.75) is 6.92 Å². The predicted octanol–water partition coefficient (Wildman–Crippen LogP) is 4.19. The van der Waals surface area contributed by atoms with Crippen LogP contribution in [0, 0.1) is 6.92 Å². The first kappa shape index (κ1) is 16.3. The van der Waals surface area contributed by atoms with Crippen molar-refractivity contribution >= 4 is 23.8 Å². The standard InChI is InChI=1S/C20H15ClN4O/c1-13-17(7-2-14-8-10-22-11-9-14)19-18(12-23-13)20(26)25(24-19)16-5-3-15(21)4-6-16/h2-12,23H,1H3. The van der Waals surface area contributed by atoms with E-state index in [2.05, 4.69) is 15.1 Å². The van der Waals surface area contributed by atoms with Gasteiger partial charge >= 0.3 is 0 Å². The average Bonchev–Trinajstić information content (AvgIpc) is 2.99. The second-order valence-electron chi connectivity index (χ2n) is 5.90. The van der Waals surface area contributed by atoms with Crippen LogP contribution in [0.5, 0.6) is 0 Å². The van der Waals surface area contributed by atoms with Gasteiger partial charge in [0.05, 0.1) is 11.3 Å². The number of benzene rings is 1. The van der Waals surface area contributed by atoms with E-state index in [9.17, 15) is 4.79 Å². The molecule has 2 aliphatic heterocycles. The highest BCUT2D eigenvalue weighted by atomic mass is 35.5. The third-order valence-corrected chi connectivity index (χ3v) is 4.44. The molecule has 0 unspecified atom stereocenters. The highest BCUT2D eigenvalue weighted by Gasteiger charge is 2.20. The number of aromatic amines is 1. The van der Waals surface area contributed by atoms with Gasteiger partial charge in [-0.25, -0.2) is 0 Å². The molecule has 0 bridgehead atoms. The van der Waals surface area contributed by atoms with E-state index in [1.165, 1.54) is 4.68 Å². The number of nitrogens with zero attached hydrogens (tertiary/aromatic N) is 3. The summed E-state index contributed by atoms with van der Waals surface area (Å²) < 4.78 is 1.40. The zero-order valence-corrected chi connectivity index (χ0v) is 14.7. The van der Waals surface area contributed by atoms with Gasteiger partial charge in [-0.15, -0.1) is 0 Å². The molecule has 128 valence electrons. The summed E-state index contributed by atoms with van der Waals surface area (Å²) in [7, 11) is 0. The highest BCUT2D eigenvalue weighted by Crippen LogP contribution is 2.25. The summed E-state index contributed by atoms with van der Waals surface area (Å²) >= 11 is 5.94. The van der Waals surface area contributed by atoms with Crippen LogP contribution in [-0.2, 0) is 0 Å². The van der Waals surface area contributed by atoms with Crippen molar-refractivity contribution in [3.63, 3.8) is 0 Å². The molecule has 0 radical (unpaired) electrons. The van der Waals surface area contributed by atoms with Crippen molar-refractivity contribution in [2.75, 3.05) is 0 Å². The third kappa shape index (κ3) is 2.93. The number of rotatable bonds is 3. The molecule has 0 amide bonds. The van der Waals surface area contributed by atoms with Crippen LogP contribution in [0.25, 0.3) is 29.1 Å². The molecule has 0 spiro atoms. The zero-order valence-electron chi connectivity index (χ0n) is 14.0. The van der Waals surface area contributed by atoms with Gasteiger partial charge in [0, 0.05) is 34.9 Å². The number of aromatic nitrogens is 4. The second kappa shape index (κ2) is 6.61. The van der Waals surface area contributed by atoms with Crippen LogP contribution in [0.2, 0.25) is 5.02 Å². The maximum absolute atomic E-state index is 12.8. The lowest BCUT2D eigenvalue weighted by atomic mass is 10.1.